The summed E-state index contributed by atoms with van der Waals surface area (Å²) in [4.78, 5) is 14.6. The summed E-state index contributed by atoms with van der Waals surface area (Å²) in [6, 6.07) is 11.2. The van der Waals surface area contributed by atoms with Gasteiger partial charge in [0.25, 0.3) is 5.91 Å². The molecule has 0 aliphatic carbocycles. The van der Waals surface area contributed by atoms with Crippen LogP contribution in [0.5, 0.6) is 0 Å². The number of benzene rings is 1. The van der Waals surface area contributed by atoms with Crippen molar-refractivity contribution in [2.45, 2.75) is 39.7 Å². The van der Waals surface area contributed by atoms with Gasteiger partial charge in [0.1, 0.15) is 17.2 Å². The zero-order chi connectivity index (χ0) is 21.5. The fourth-order valence-corrected chi connectivity index (χ4v) is 3.50. The first-order valence-electron chi connectivity index (χ1n) is 10.6. The number of halogens is 1. The van der Waals surface area contributed by atoms with Gasteiger partial charge >= 0.3 is 0 Å². The third-order valence-corrected chi connectivity index (χ3v) is 5.33. The number of hydrogen-bond donors (Lipinski definition) is 2. The minimum absolute atomic E-state index is 0.0380. The van der Waals surface area contributed by atoms with E-state index < -0.39 is 0 Å². The zero-order valence-electron chi connectivity index (χ0n) is 17.8. The largest absolute Gasteiger partial charge is 0.463 e. The minimum atomic E-state index is -0.341. The van der Waals surface area contributed by atoms with Crippen LogP contribution < -0.4 is 10.2 Å². The van der Waals surface area contributed by atoms with Crippen molar-refractivity contribution >= 4 is 5.91 Å². The highest BCUT2D eigenvalue weighted by molar-refractivity contribution is 5.94. The molecule has 6 nitrogen and oxygen atoms in total. The topological polar surface area (TPSA) is 64.5 Å². The number of nitrogens with one attached hydrogen (secondary N) is 2. The molecule has 0 saturated heterocycles. The Labute approximate surface area is 176 Å². The Hall–Kier alpha value is -2.93. The van der Waals surface area contributed by atoms with Gasteiger partial charge in [-0.2, -0.15) is 5.10 Å². The van der Waals surface area contributed by atoms with Crippen LogP contribution in [0, 0.1) is 5.82 Å². The second kappa shape index (κ2) is 10.2. The molecule has 0 radical (unpaired) electrons. The lowest BCUT2D eigenvalue weighted by Crippen LogP contribution is -3.11. The molecule has 30 heavy (non-hydrogen) atoms. The summed E-state index contributed by atoms with van der Waals surface area (Å²) in [5.74, 6) is 0.0135. The molecular weight excluding hydrogens is 383 g/mol. The molecule has 160 valence electrons. The van der Waals surface area contributed by atoms with Gasteiger partial charge in [-0.1, -0.05) is 0 Å². The highest BCUT2D eigenvalue weighted by Gasteiger charge is 2.20. The van der Waals surface area contributed by atoms with Crippen molar-refractivity contribution < 1.29 is 18.5 Å². The van der Waals surface area contributed by atoms with Crippen molar-refractivity contribution in [1.82, 2.24) is 15.1 Å². The Morgan fingerprint density at radius 1 is 1.23 bits per heavy atom. The molecule has 1 aromatic carbocycles. The molecule has 1 amide bonds. The number of furan rings is 1. The van der Waals surface area contributed by atoms with E-state index in [1.165, 1.54) is 16.8 Å². The monoisotopic (exact) mass is 413 g/mol. The molecule has 2 N–H and O–H groups in total. The summed E-state index contributed by atoms with van der Waals surface area (Å²) in [5, 5.41) is 7.60. The quantitative estimate of drug-likeness (QED) is 0.537. The van der Waals surface area contributed by atoms with E-state index in [0.717, 1.165) is 32.5 Å². The molecular formula is C23H30FN4O2+. The van der Waals surface area contributed by atoms with Crippen LogP contribution >= 0.6 is 0 Å². The molecule has 0 aliphatic heterocycles. The number of aromatic nitrogens is 2. The summed E-state index contributed by atoms with van der Waals surface area (Å²) in [6.45, 7) is 9.73. The Morgan fingerprint density at radius 3 is 2.60 bits per heavy atom. The lowest BCUT2D eigenvalue weighted by atomic mass is 10.1. The number of carbonyl (C=O) groups is 1. The lowest BCUT2D eigenvalue weighted by molar-refractivity contribution is -0.896. The molecule has 0 saturated carbocycles. The molecule has 2 heterocycles. The van der Waals surface area contributed by atoms with E-state index in [4.69, 9.17) is 4.42 Å². The molecule has 0 unspecified atom stereocenters. The van der Waals surface area contributed by atoms with E-state index in [-0.39, 0.29) is 17.8 Å². The van der Waals surface area contributed by atoms with Crippen LogP contribution in [0.3, 0.4) is 0 Å². The van der Waals surface area contributed by atoms with Crippen molar-refractivity contribution in [2.75, 3.05) is 19.6 Å². The van der Waals surface area contributed by atoms with Crippen LogP contribution in [0.15, 0.2) is 53.1 Å². The van der Waals surface area contributed by atoms with Crippen LogP contribution in [0.25, 0.3) is 17.1 Å². The average molecular weight is 414 g/mol. The molecule has 0 aliphatic rings. The third kappa shape index (κ3) is 5.36. The molecule has 7 heteroatoms. The van der Waals surface area contributed by atoms with Crippen LogP contribution in [0.4, 0.5) is 4.39 Å². The Morgan fingerprint density at radius 2 is 1.97 bits per heavy atom. The summed E-state index contributed by atoms with van der Waals surface area (Å²) in [5.41, 5.74) is 1.54. The van der Waals surface area contributed by atoms with Gasteiger partial charge < -0.3 is 14.6 Å². The number of carbonyl (C=O) groups excluding carboxylic acids is 1. The minimum Gasteiger partial charge on any atom is -0.463 e. The number of amides is 1. The maximum atomic E-state index is 13.4. The van der Waals surface area contributed by atoms with E-state index >= 15 is 0 Å². The fraction of sp³-hybridized carbons (Fsp3) is 0.391. The molecule has 1 atom stereocenters. The van der Waals surface area contributed by atoms with E-state index in [0.29, 0.717) is 22.8 Å². The number of quaternary nitrogens is 1. The van der Waals surface area contributed by atoms with Crippen LogP contribution in [0.2, 0.25) is 0 Å². The highest BCUT2D eigenvalue weighted by atomic mass is 19.1. The van der Waals surface area contributed by atoms with Crippen molar-refractivity contribution in [3.8, 4) is 17.1 Å². The van der Waals surface area contributed by atoms with E-state index in [9.17, 15) is 9.18 Å². The number of nitrogens with zero attached hydrogens (tertiary/aromatic N) is 2. The van der Waals surface area contributed by atoms with Crippen molar-refractivity contribution in [2.24, 2.45) is 0 Å². The average Bonchev–Trinajstić information content (AvgIpc) is 3.41. The zero-order valence-corrected chi connectivity index (χ0v) is 17.8. The first kappa shape index (κ1) is 21.8. The van der Waals surface area contributed by atoms with Gasteiger partial charge in [0, 0.05) is 12.1 Å². The van der Waals surface area contributed by atoms with Crippen molar-refractivity contribution in [3.63, 3.8) is 0 Å². The SMILES string of the molecule is CC[NH+](CC)CCC[C@H](C)NC(=O)c1cc(-c2ccco2)nn1-c1ccc(F)cc1. The Balaban J connectivity index is 1.76. The highest BCUT2D eigenvalue weighted by Crippen LogP contribution is 2.22. The molecule has 3 aromatic rings. The maximum absolute atomic E-state index is 13.4. The maximum Gasteiger partial charge on any atom is 0.270 e. The van der Waals surface area contributed by atoms with Gasteiger partial charge in [-0.3, -0.25) is 4.79 Å². The summed E-state index contributed by atoms with van der Waals surface area (Å²) >= 11 is 0. The van der Waals surface area contributed by atoms with Crippen LogP contribution in [-0.2, 0) is 0 Å². The normalized spacial score (nSPS) is 12.3. The summed E-state index contributed by atoms with van der Waals surface area (Å²) in [6.07, 6.45) is 3.52. The molecule has 3 rings (SSSR count). The predicted octanol–water partition coefficient (Wildman–Crippen LogP) is 3.09. The standard InChI is InChI=1S/C23H29FN4O2/c1-4-27(5-2)14-6-8-17(3)25-23(29)21-16-20(22-9-7-15-30-22)26-28(21)19-12-10-18(24)11-13-19/h7,9-13,15-17H,4-6,8,14H2,1-3H3,(H,25,29)/p+1/t17-/m0/s1. The van der Waals surface area contributed by atoms with Gasteiger partial charge in [-0.25, -0.2) is 9.07 Å². The number of hydrogen-bond acceptors (Lipinski definition) is 3. The second-order valence-electron chi connectivity index (χ2n) is 7.50. The first-order chi connectivity index (χ1) is 14.5. The van der Waals surface area contributed by atoms with Gasteiger partial charge in [-0.15, -0.1) is 0 Å². The van der Waals surface area contributed by atoms with E-state index in [2.05, 4.69) is 24.3 Å². The van der Waals surface area contributed by atoms with Gasteiger partial charge in [0.2, 0.25) is 0 Å². The molecule has 0 fully saturated rings. The Kier molecular flexibility index (Phi) is 7.41. The van der Waals surface area contributed by atoms with Crippen LogP contribution in [-0.4, -0.2) is 41.4 Å². The second-order valence-corrected chi connectivity index (χ2v) is 7.50. The smallest absolute Gasteiger partial charge is 0.270 e. The lowest BCUT2D eigenvalue weighted by Gasteiger charge is -2.18. The molecule has 2 aromatic heterocycles. The van der Waals surface area contributed by atoms with E-state index in [1.807, 2.05) is 6.92 Å². The van der Waals surface area contributed by atoms with Crippen molar-refractivity contribution in [1.29, 1.82) is 0 Å². The first-order valence-corrected chi connectivity index (χ1v) is 10.6. The van der Waals surface area contributed by atoms with Gasteiger partial charge in [0.05, 0.1) is 31.6 Å². The van der Waals surface area contributed by atoms with Gasteiger partial charge in [0.15, 0.2) is 5.76 Å². The molecule has 0 spiro atoms. The van der Waals surface area contributed by atoms with Crippen molar-refractivity contribution in [3.05, 3.63) is 60.2 Å². The van der Waals surface area contributed by atoms with E-state index in [1.54, 1.807) is 41.5 Å². The fourth-order valence-electron chi connectivity index (χ4n) is 3.50. The summed E-state index contributed by atoms with van der Waals surface area (Å²) < 4.78 is 20.3. The van der Waals surface area contributed by atoms with Gasteiger partial charge in [-0.05, 0) is 70.0 Å². The number of rotatable bonds is 10. The third-order valence-electron chi connectivity index (χ3n) is 5.33. The molecule has 0 bridgehead atoms. The summed E-state index contributed by atoms with van der Waals surface area (Å²) in [7, 11) is 0. The van der Waals surface area contributed by atoms with Crippen LogP contribution in [0.1, 0.15) is 44.1 Å². The Bertz CT molecular complexity index is 931. The predicted molar refractivity (Wildman–Crippen MR) is 114 cm³/mol.